The molecule has 0 aliphatic rings. The molecule has 0 fully saturated rings. The van der Waals surface area contributed by atoms with Crippen LogP contribution in [-0.2, 0) is 4.74 Å². The highest BCUT2D eigenvalue weighted by Crippen LogP contribution is 2.09. The van der Waals surface area contributed by atoms with Crippen molar-refractivity contribution < 1.29 is 9.84 Å². The number of hydrogen-bond donors (Lipinski definition) is 1. The van der Waals surface area contributed by atoms with E-state index >= 15 is 0 Å². The predicted octanol–water partition coefficient (Wildman–Crippen LogP) is 1.50. The topological polar surface area (TPSA) is 29.5 Å². The summed E-state index contributed by atoms with van der Waals surface area (Å²) in [4.78, 5) is -0.0163. The summed E-state index contributed by atoms with van der Waals surface area (Å²) in [7, 11) is 0. The Morgan fingerprint density at radius 3 is 2.56 bits per heavy atom. The van der Waals surface area contributed by atoms with E-state index in [4.69, 9.17) is 9.84 Å². The lowest BCUT2D eigenvalue weighted by Gasteiger charge is -2.13. The first kappa shape index (κ1) is 9.88. The zero-order valence-corrected chi connectivity index (χ0v) is 8.35. The van der Waals surface area contributed by atoms with Crippen molar-refractivity contribution in [2.45, 2.75) is 18.0 Å². The van der Waals surface area contributed by atoms with Crippen LogP contribution in [0.1, 0.15) is 6.92 Å². The zero-order chi connectivity index (χ0) is 7.28. The van der Waals surface area contributed by atoms with E-state index in [1.165, 1.54) is 0 Å². The quantitative estimate of drug-likeness (QED) is 0.614. The minimum atomic E-state index is -0.700. The Labute approximate surface area is 71.8 Å². The fourth-order valence-electron chi connectivity index (χ4n) is 0.351. The third-order valence-electron chi connectivity index (χ3n) is 0.794. The molecule has 0 saturated heterocycles. The molecule has 0 aliphatic carbocycles. The van der Waals surface area contributed by atoms with E-state index < -0.39 is 6.29 Å². The third-order valence-corrected chi connectivity index (χ3v) is 3.14. The van der Waals surface area contributed by atoms with Gasteiger partial charge in [0, 0.05) is 11.9 Å². The maximum atomic E-state index is 9.02. The summed E-state index contributed by atoms with van der Waals surface area (Å²) in [5.74, 6) is 0. The SMILES string of the molecule is CCOC(O)C(Br)CBr. The van der Waals surface area contributed by atoms with Gasteiger partial charge in [-0.3, -0.25) is 0 Å². The second kappa shape index (κ2) is 5.65. The van der Waals surface area contributed by atoms with E-state index in [0.29, 0.717) is 11.9 Å². The number of halogens is 2. The number of ether oxygens (including phenoxy) is 1. The molecule has 0 aromatic heterocycles. The summed E-state index contributed by atoms with van der Waals surface area (Å²) in [6, 6.07) is 0. The van der Waals surface area contributed by atoms with Crippen molar-refractivity contribution in [1.82, 2.24) is 0 Å². The van der Waals surface area contributed by atoms with Gasteiger partial charge in [-0.1, -0.05) is 31.9 Å². The molecule has 2 nitrogen and oxygen atoms in total. The van der Waals surface area contributed by atoms with Gasteiger partial charge in [0.25, 0.3) is 0 Å². The van der Waals surface area contributed by atoms with Crippen LogP contribution in [-0.4, -0.2) is 28.2 Å². The minimum absolute atomic E-state index is 0.0163. The Morgan fingerprint density at radius 1 is 1.67 bits per heavy atom. The molecule has 56 valence electrons. The van der Waals surface area contributed by atoms with Gasteiger partial charge in [0.2, 0.25) is 0 Å². The number of hydrogen-bond acceptors (Lipinski definition) is 2. The fraction of sp³-hybridized carbons (Fsp3) is 1.00. The van der Waals surface area contributed by atoms with Gasteiger partial charge in [-0.15, -0.1) is 0 Å². The third kappa shape index (κ3) is 4.31. The lowest BCUT2D eigenvalue weighted by Crippen LogP contribution is -2.24. The molecule has 0 aromatic carbocycles. The fourth-order valence-corrected chi connectivity index (χ4v) is 0.824. The first-order valence-corrected chi connectivity index (χ1v) is 4.75. The average Bonchev–Trinajstić information content (AvgIpc) is 1.87. The molecule has 0 aromatic rings. The first-order chi connectivity index (χ1) is 4.22. The Bertz CT molecular complexity index is 70.0. The van der Waals surface area contributed by atoms with Crippen LogP contribution in [0.25, 0.3) is 0 Å². The molecule has 0 aliphatic heterocycles. The van der Waals surface area contributed by atoms with Crippen molar-refractivity contribution >= 4 is 31.9 Å². The van der Waals surface area contributed by atoms with Crippen LogP contribution in [0.3, 0.4) is 0 Å². The summed E-state index contributed by atoms with van der Waals surface area (Å²) < 4.78 is 4.87. The Hall–Kier alpha value is 0.880. The van der Waals surface area contributed by atoms with Gasteiger partial charge >= 0.3 is 0 Å². The number of alkyl halides is 2. The van der Waals surface area contributed by atoms with Gasteiger partial charge in [-0.05, 0) is 6.92 Å². The van der Waals surface area contributed by atoms with Gasteiger partial charge < -0.3 is 9.84 Å². The lowest BCUT2D eigenvalue weighted by molar-refractivity contribution is -0.0894. The van der Waals surface area contributed by atoms with Gasteiger partial charge in [-0.2, -0.15) is 0 Å². The number of aliphatic hydroxyl groups excluding tert-OH is 1. The Kier molecular flexibility index (Phi) is 6.20. The molecule has 0 radical (unpaired) electrons. The summed E-state index contributed by atoms with van der Waals surface area (Å²) in [5, 5.41) is 9.71. The zero-order valence-electron chi connectivity index (χ0n) is 5.18. The van der Waals surface area contributed by atoms with E-state index in [2.05, 4.69) is 31.9 Å². The molecule has 4 heteroatoms. The standard InChI is InChI=1S/C5H10Br2O2/c1-2-9-5(8)4(7)3-6/h4-5,8H,2-3H2,1H3. The molecule has 0 saturated carbocycles. The molecular weight excluding hydrogens is 252 g/mol. The van der Waals surface area contributed by atoms with Crippen LogP contribution >= 0.6 is 31.9 Å². The summed E-state index contributed by atoms with van der Waals surface area (Å²) in [6.45, 7) is 2.38. The average molecular weight is 262 g/mol. The minimum Gasteiger partial charge on any atom is -0.367 e. The highest BCUT2D eigenvalue weighted by Gasteiger charge is 2.13. The summed E-state index contributed by atoms with van der Waals surface area (Å²) in [5.41, 5.74) is 0. The van der Waals surface area contributed by atoms with E-state index in [9.17, 15) is 0 Å². The van der Waals surface area contributed by atoms with Crippen LogP contribution in [0, 0.1) is 0 Å². The van der Waals surface area contributed by atoms with Gasteiger partial charge in [-0.25, -0.2) is 0 Å². The van der Waals surface area contributed by atoms with Crippen molar-refractivity contribution in [1.29, 1.82) is 0 Å². The molecule has 1 N–H and O–H groups in total. The molecule has 0 amide bonds. The van der Waals surface area contributed by atoms with Crippen LogP contribution in [0.5, 0.6) is 0 Å². The largest absolute Gasteiger partial charge is 0.367 e. The highest BCUT2D eigenvalue weighted by atomic mass is 79.9. The Morgan fingerprint density at radius 2 is 2.22 bits per heavy atom. The molecular formula is C5H10Br2O2. The van der Waals surface area contributed by atoms with Crippen molar-refractivity contribution in [3.8, 4) is 0 Å². The maximum Gasteiger partial charge on any atom is 0.167 e. The molecule has 0 spiro atoms. The van der Waals surface area contributed by atoms with Crippen molar-refractivity contribution in [3.63, 3.8) is 0 Å². The maximum absolute atomic E-state index is 9.02. The van der Waals surface area contributed by atoms with Crippen molar-refractivity contribution in [2.24, 2.45) is 0 Å². The normalized spacial score (nSPS) is 17.3. The molecule has 0 rings (SSSR count). The molecule has 9 heavy (non-hydrogen) atoms. The monoisotopic (exact) mass is 260 g/mol. The summed E-state index contributed by atoms with van der Waals surface area (Å²) in [6.07, 6.45) is -0.700. The van der Waals surface area contributed by atoms with E-state index in [-0.39, 0.29) is 4.83 Å². The first-order valence-electron chi connectivity index (χ1n) is 2.72. The highest BCUT2D eigenvalue weighted by molar-refractivity contribution is 9.12. The number of aliphatic hydroxyl groups is 1. The van der Waals surface area contributed by atoms with Crippen molar-refractivity contribution in [3.05, 3.63) is 0 Å². The lowest BCUT2D eigenvalue weighted by atomic mass is 10.5. The number of rotatable bonds is 4. The van der Waals surface area contributed by atoms with E-state index in [1.807, 2.05) is 6.92 Å². The smallest absolute Gasteiger partial charge is 0.167 e. The van der Waals surface area contributed by atoms with Crippen LogP contribution in [0.4, 0.5) is 0 Å². The molecule has 2 unspecified atom stereocenters. The van der Waals surface area contributed by atoms with Crippen molar-refractivity contribution in [2.75, 3.05) is 11.9 Å². The second-order valence-corrected chi connectivity index (χ2v) is 3.34. The molecule has 0 bridgehead atoms. The molecule has 0 heterocycles. The van der Waals surface area contributed by atoms with Crippen LogP contribution in [0.2, 0.25) is 0 Å². The Balaban J connectivity index is 3.32. The van der Waals surface area contributed by atoms with Crippen LogP contribution in [0.15, 0.2) is 0 Å². The van der Waals surface area contributed by atoms with E-state index in [1.54, 1.807) is 0 Å². The van der Waals surface area contributed by atoms with Gasteiger partial charge in [0.15, 0.2) is 6.29 Å². The second-order valence-electron chi connectivity index (χ2n) is 1.52. The summed E-state index contributed by atoms with van der Waals surface area (Å²) >= 11 is 6.42. The van der Waals surface area contributed by atoms with Crippen LogP contribution < -0.4 is 0 Å². The van der Waals surface area contributed by atoms with Gasteiger partial charge in [0.05, 0.1) is 4.83 Å². The van der Waals surface area contributed by atoms with E-state index in [0.717, 1.165) is 0 Å². The predicted molar refractivity (Wildman–Crippen MR) is 44.1 cm³/mol. The van der Waals surface area contributed by atoms with Gasteiger partial charge in [0.1, 0.15) is 0 Å². The molecule has 2 atom stereocenters.